The molecule has 0 aliphatic heterocycles. The second-order valence-electron chi connectivity index (χ2n) is 5.30. The van der Waals surface area contributed by atoms with Crippen molar-refractivity contribution in [3.63, 3.8) is 0 Å². The molecule has 1 aromatic rings. The van der Waals surface area contributed by atoms with Gasteiger partial charge in [0.05, 0.1) is 7.11 Å². The Morgan fingerprint density at radius 2 is 2.06 bits per heavy atom. The van der Waals surface area contributed by atoms with Gasteiger partial charge >= 0.3 is 5.97 Å². The van der Waals surface area contributed by atoms with Crippen LogP contribution in [0.15, 0.2) is 24.3 Å². The van der Waals surface area contributed by atoms with Crippen LogP contribution in [0.3, 0.4) is 0 Å². The molecule has 1 rings (SSSR count). The summed E-state index contributed by atoms with van der Waals surface area (Å²) in [5, 5.41) is 0. The van der Waals surface area contributed by atoms with E-state index < -0.39 is 6.04 Å². The van der Waals surface area contributed by atoms with Gasteiger partial charge in [-0.3, -0.25) is 4.79 Å². The van der Waals surface area contributed by atoms with E-state index in [0.29, 0.717) is 0 Å². The van der Waals surface area contributed by atoms with Crippen LogP contribution in [0.25, 0.3) is 0 Å². The molecule has 1 aromatic carbocycles. The van der Waals surface area contributed by atoms with Gasteiger partial charge in [0.15, 0.2) is 0 Å². The molecule has 0 aliphatic carbocycles. The molecule has 0 heterocycles. The van der Waals surface area contributed by atoms with Gasteiger partial charge in [-0.1, -0.05) is 32.9 Å². The molecule has 0 amide bonds. The highest BCUT2D eigenvalue weighted by Gasteiger charge is 2.28. The number of esters is 1. The predicted molar refractivity (Wildman–Crippen MR) is 70.2 cm³/mol. The molecule has 0 unspecified atom stereocenters. The van der Waals surface area contributed by atoms with Crippen LogP contribution >= 0.6 is 0 Å². The van der Waals surface area contributed by atoms with E-state index in [1.807, 2.05) is 45.0 Å². The largest absolute Gasteiger partial charge is 0.497 e. The fourth-order valence-corrected chi connectivity index (χ4v) is 1.36. The van der Waals surface area contributed by atoms with E-state index in [9.17, 15) is 4.79 Å². The summed E-state index contributed by atoms with van der Waals surface area (Å²) in [6.07, 6.45) is 0. The molecule has 18 heavy (non-hydrogen) atoms. The number of hydrogen-bond acceptors (Lipinski definition) is 4. The molecule has 0 fully saturated rings. The smallest absolute Gasteiger partial charge is 0.323 e. The zero-order valence-electron chi connectivity index (χ0n) is 11.4. The highest BCUT2D eigenvalue weighted by atomic mass is 16.5. The second-order valence-corrected chi connectivity index (χ2v) is 5.30. The first-order valence-electron chi connectivity index (χ1n) is 5.89. The first kappa shape index (κ1) is 14.5. The van der Waals surface area contributed by atoms with Crippen LogP contribution in [0.1, 0.15) is 26.3 Å². The summed E-state index contributed by atoms with van der Waals surface area (Å²) in [5.74, 6) is 0.356. The van der Waals surface area contributed by atoms with Gasteiger partial charge in [0, 0.05) is 0 Å². The van der Waals surface area contributed by atoms with Crippen molar-refractivity contribution < 1.29 is 14.3 Å². The molecule has 0 saturated heterocycles. The number of hydrogen-bond donors (Lipinski definition) is 1. The van der Waals surface area contributed by atoms with E-state index >= 15 is 0 Å². The van der Waals surface area contributed by atoms with Crippen molar-refractivity contribution in [3.8, 4) is 5.75 Å². The average molecular weight is 251 g/mol. The Morgan fingerprint density at radius 1 is 1.39 bits per heavy atom. The number of ether oxygens (including phenoxy) is 2. The van der Waals surface area contributed by atoms with Crippen molar-refractivity contribution in [1.82, 2.24) is 0 Å². The number of carbonyl (C=O) groups is 1. The third kappa shape index (κ3) is 4.04. The SMILES string of the molecule is COc1cccc(COC(=O)[C@H](N)C(C)(C)C)c1. The molecule has 0 bridgehead atoms. The van der Waals surface area contributed by atoms with Crippen molar-refractivity contribution in [2.45, 2.75) is 33.4 Å². The maximum Gasteiger partial charge on any atom is 0.323 e. The third-order valence-electron chi connectivity index (χ3n) is 2.70. The van der Waals surface area contributed by atoms with E-state index in [0.717, 1.165) is 11.3 Å². The molecule has 0 aromatic heterocycles. The Balaban J connectivity index is 2.57. The van der Waals surface area contributed by atoms with Crippen LogP contribution in [-0.2, 0) is 16.1 Å². The van der Waals surface area contributed by atoms with Crippen molar-refractivity contribution in [2.24, 2.45) is 11.1 Å². The summed E-state index contributed by atoms with van der Waals surface area (Å²) in [4.78, 5) is 11.7. The Labute approximate surface area is 108 Å². The molecule has 0 saturated carbocycles. The molecule has 1 atom stereocenters. The van der Waals surface area contributed by atoms with Crippen LogP contribution in [0.5, 0.6) is 5.75 Å². The van der Waals surface area contributed by atoms with Crippen molar-refractivity contribution in [3.05, 3.63) is 29.8 Å². The van der Waals surface area contributed by atoms with Crippen molar-refractivity contribution in [1.29, 1.82) is 0 Å². The van der Waals surface area contributed by atoms with Crippen LogP contribution in [0.2, 0.25) is 0 Å². The van der Waals surface area contributed by atoms with Crippen molar-refractivity contribution in [2.75, 3.05) is 7.11 Å². The van der Waals surface area contributed by atoms with E-state index in [-0.39, 0.29) is 18.0 Å². The summed E-state index contributed by atoms with van der Waals surface area (Å²) in [7, 11) is 1.60. The Morgan fingerprint density at radius 3 is 2.61 bits per heavy atom. The quantitative estimate of drug-likeness (QED) is 0.833. The lowest BCUT2D eigenvalue weighted by molar-refractivity contribution is -0.149. The predicted octanol–water partition coefficient (Wildman–Crippen LogP) is 2.11. The zero-order valence-corrected chi connectivity index (χ0v) is 11.4. The van der Waals surface area contributed by atoms with Gasteiger partial charge in [0.25, 0.3) is 0 Å². The summed E-state index contributed by atoms with van der Waals surface area (Å²) in [5.41, 5.74) is 6.39. The first-order valence-corrected chi connectivity index (χ1v) is 5.89. The van der Waals surface area contributed by atoms with Gasteiger partial charge in [-0.2, -0.15) is 0 Å². The molecule has 2 N–H and O–H groups in total. The van der Waals surface area contributed by atoms with E-state index in [1.165, 1.54) is 0 Å². The first-order chi connectivity index (χ1) is 8.34. The molecule has 4 heteroatoms. The molecular weight excluding hydrogens is 230 g/mol. The molecule has 4 nitrogen and oxygen atoms in total. The maximum atomic E-state index is 11.7. The van der Waals surface area contributed by atoms with E-state index in [1.54, 1.807) is 7.11 Å². The number of nitrogens with two attached hydrogens (primary N) is 1. The van der Waals surface area contributed by atoms with E-state index in [4.69, 9.17) is 15.2 Å². The Kier molecular flexibility index (Phi) is 4.73. The van der Waals surface area contributed by atoms with Gasteiger partial charge in [0.2, 0.25) is 0 Å². The van der Waals surface area contributed by atoms with Crippen LogP contribution in [0.4, 0.5) is 0 Å². The van der Waals surface area contributed by atoms with Crippen LogP contribution in [0, 0.1) is 5.41 Å². The molecule has 0 radical (unpaired) electrons. The summed E-state index contributed by atoms with van der Waals surface area (Å²) in [6.45, 7) is 5.93. The fraction of sp³-hybridized carbons (Fsp3) is 0.500. The number of benzene rings is 1. The normalized spacial score (nSPS) is 12.9. The highest BCUT2D eigenvalue weighted by molar-refractivity contribution is 5.76. The third-order valence-corrected chi connectivity index (χ3v) is 2.70. The molecule has 0 aliphatic rings. The number of carbonyl (C=O) groups excluding carboxylic acids is 1. The van der Waals surface area contributed by atoms with Gasteiger partial charge < -0.3 is 15.2 Å². The summed E-state index contributed by atoms with van der Waals surface area (Å²) >= 11 is 0. The lowest BCUT2D eigenvalue weighted by Crippen LogP contribution is -2.43. The topological polar surface area (TPSA) is 61.5 Å². The number of methoxy groups -OCH3 is 1. The second kappa shape index (κ2) is 5.87. The lowest BCUT2D eigenvalue weighted by Gasteiger charge is -2.24. The summed E-state index contributed by atoms with van der Waals surface area (Å²) in [6, 6.07) is 6.77. The van der Waals surface area contributed by atoms with Crippen molar-refractivity contribution >= 4 is 5.97 Å². The molecule has 0 spiro atoms. The van der Waals surface area contributed by atoms with E-state index in [2.05, 4.69) is 0 Å². The minimum absolute atomic E-state index is 0.208. The standard InChI is InChI=1S/C14H21NO3/c1-14(2,3)12(15)13(16)18-9-10-6-5-7-11(8-10)17-4/h5-8,12H,9,15H2,1-4H3/t12-/m0/s1. The summed E-state index contributed by atoms with van der Waals surface area (Å²) < 4.78 is 10.3. The highest BCUT2D eigenvalue weighted by Crippen LogP contribution is 2.19. The minimum Gasteiger partial charge on any atom is -0.497 e. The average Bonchev–Trinajstić information content (AvgIpc) is 2.34. The maximum absolute atomic E-state index is 11.7. The molecular formula is C14H21NO3. The Hall–Kier alpha value is -1.55. The fourth-order valence-electron chi connectivity index (χ4n) is 1.36. The Bertz CT molecular complexity index is 410. The van der Waals surface area contributed by atoms with Crippen LogP contribution in [-0.4, -0.2) is 19.1 Å². The van der Waals surface area contributed by atoms with Gasteiger partial charge in [-0.15, -0.1) is 0 Å². The van der Waals surface area contributed by atoms with Gasteiger partial charge in [-0.25, -0.2) is 0 Å². The zero-order chi connectivity index (χ0) is 13.8. The lowest BCUT2D eigenvalue weighted by atomic mass is 9.87. The van der Waals surface area contributed by atoms with Gasteiger partial charge in [0.1, 0.15) is 18.4 Å². The van der Waals surface area contributed by atoms with Crippen LogP contribution < -0.4 is 10.5 Å². The number of rotatable bonds is 4. The minimum atomic E-state index is -0.622. The van der Waals surface area contributed by atoms with Gasteiger partial charge in [-0.05, 0) is 23.1 Å². The molecule has 100 valence electrons. The monoisotopic (exact) mass is 251 g/mol.